The zero-order valence-corrected chi connectivity index (χ0v) is 20.1. The van der Waals surface area contributed by atoms with E-state index in [4.69, 9.17) is 0 Å². The third kappa shape index (κ3) is 6.44. The van der Waals surface area contributed by atoms with Crippen LogP contribution in [-0.2, 0) is 13.1 Å². The van der Waals surface area contributed by atoms with Crippen molar-refractivity contribution in [1.29, 1.82) is 0 Å². The van der Waals surface area contributed by atoms with Crippen LogP contribution in [0.5, 0.6) is 0 Å². The van der Waals surface area contributed by atoms with E-state index >= 15 is 0 Å². The van der Waals surface area contributed by atoms with Gasteiger partial charge < -0.3 is 0 Å². The van der Waals surface area contributed by atoms with Crippen LogP contribution in [0.15, 0.2) is 61.7 Å². The molecule has 33 heavy (non-hydrogen) atoms. The Bertz CT molecular complexity index is 1000. The van der Waals surface area contributed by atoms with Gasteiger partial charge >= 0.3 is 0 Å². The summed E-state index contributed by atoms with van der Waals surface area (Å²) in [6.07, 6.45) is 10.9. The van der Waals surface area contributed by atoms with Crippen LogP contribution in [0.1, 0.15) is 42.0 Å². The largest absolute Gasteiger partial charge is 0.264 e. The van der Waals surface area contributed by atoms with E-state index in [1.54, 1.807) is 0 Å². The lowest BCUT2D eigenvalue weighted by Gasteiger charge is -2.28. The van der Waals surface area contributed by atoms with E-state index in [0.29, 0.717) is 6.04 Å². The van der Waals surface area contributed by atoms with E-state index in [0.717, 1.165) is 45.8 Å². The molecule has 0 aliphatic carbocycles. The summed E-state index contributed by atoms with van der Waals surface area (Å²) in [4.78, 5) is 5.04. The maximum Gasteiger partial charge on any atom is 0.234 e. The first-order valence-electron chi connectivity index (χ1n) is 12.2. The van der Waals surface area contributed by atoms with E-state index in [2.05, 4.69) is 100 Å². The Labute approximate surface area is 199 Å². The van der Waals surface area contributed by atoms with Crippen LogP contribution < -0.4 is 0 Å². The van der Waals surface area contributed by atoms with Crippen LogP contribution in [0.3, 0.4) is 0 Å². The standard InChI is InChI=1S/C29H38N4/c1-4-26-8-12-28(13-9-26)21-31-17-6-16-30(23-31)20-25(3)33-19-7-18-32(24-33)22-29-14-10-27(5-2)11-15-29/h4-5,8-15,23-25H,1-2,6-7,16-22H2,3H3/q+2. The van der Waals surface area contributed by atoms with Gasteiger partial charge in [-0.1, -0.05) is 73.8 Å². The Hall–Kier alpha value is -3.14. The molecule has 4 rings (SSSR count). The molecule has 0 fully saturated rings. The molecule has 4 nitrogen and oxygen atoms in total. The maximum absolute atomic E-state index is 3.85. The van der Waals surface area contributed by atoms with Crippen LogP contribution >= 0.6 is 0 Å². The Balaban J connectivity index is 1.35. The minimum Gasteiger partial charge on any atom is -0.264 e. The highest BCUT2D eigenvalue weighted by molar-refractivity contribution is 5.52. The number of hydrogen-bond acceptors (Lipinski definition) is 2. The molecule has 2 heterocycles. The van der Waals surface area contributed by atoms with Crippen molar-refractivity contribution in [3.8, 4) is 0 Å². The predicted molar refractivity (Wildman–Crippen MR) is 140 cm³/mol. The Morgan fingerprint density at radius 3 is 1.85 bits per heavy atom. The third-order valence-electron chi connectivity index (χ3n) is 6.66. The van der Waals surface area contributed by atoms with Gasteiger partial charge in [-0.05, 0) is 29.2 Å². The second kappa shape index (κ2) is 11.1. The Morgan fingerprint density at radius 2 is 1.30 bits per heavy atom. The van der Waals surface area contributed by atoms with Crippen LogP contribution in [0.25, 0.3) is 12.2 Å². The van der Waals surface area contributed by atoms with Gasteiger partial charge in [0.25, 0.3) is 0 Å². The van der Waals surface area contributed by atoms with Gasteiger partial charge in [-0.3, -0.25) is 19.0 Å². The smallest absolute Gasteiger partial charge is 0.234 e. The topological polar surface area (TPSA) is 12.5 Å². The second-order valence-corrected chi connectivity index (χ2v) is 9.35. The van der Waals surface area contributed by atoms with Crippen molar-refractivity contribution < 1.29 is 9.15 Å². The van der Waals surface area contributed by atoms with Gasteiger partial charge in [0, 0.05) is 12.8 Å². The summed E-state index contributed by atoms with van der Waals surface area (Å²) in [6.45, 7) is 17.6. The number of rotatable bonds is 9. The van der Waals surface area contributed by atoms with Gasteiger partial charge in [-0.15, -0.1) is 0 Å². The summed E-state index contributed by atoms with van der Waals surface area (Å²) >= 11 is 0. The molecule has 0 amide bonds. The van der Waals surface area contributed by atoms with Gasteiger partial charge in [0.05, 0.1) is 26.2 Å². The van der Waals surface area contributed by atoms with Crippen molar-refractivity contribution in [2.75, 3.05) is 32.7 Å². The molecule has 0 radical (unpaired) electrons. The fraction of sp³-hybridized carbons (Fsp3) is 0.379. The van der Waals surface area contributed by atoms with Crippen LogP contribution in [0, 0.1) is 0 Å². The molecule has 1 unspecified atom stereocenters. The highest BCUT2D eigenvalue weighted by Gasteiger charge is 2.27. The average molecular weight is 443 g/mol. The first-order chi connectivity index (χ1) is 16.1. The molecule has 4 heteroatoms. The van der Waals surface area contributed by atoms with Gasteiger partial charge in [0.15, 0.2) is 0 Å². The first kappa shape index (κ1) is 23.0. The Kier molecular flexibility index (Phi) is 7.77. The number of benzene rings is 2. The van der Waals surface area contributed by atoms with Gasteiger partial charge in [-0.2, -0.15) is 0 Å². The summed E-state index contributed by atoms with van der Waals surface area (Å²) in [6, 6.07) is 18.0. The summed E-state index contributed by atoms with van der Waals surface area (Å²) in [5.74, 6) is 0. The molecule has 0 bridgehead atoms. The van der Waals surface area contributed by atoms with Crippen LogP contribution in [0.2, 0.25) is 0 Å². The quantitative estimate of drug-likeness (QED) is 0.528. The average Bonchev–Trinajstić information content (AvgIpc) is 2.85. The highest BCUT2D eigenvalue weighted by atomic mass is 15.3. The van der Waals surface area contributed by atoms with E-state index < -0.39 is 0 Å². The monoisotopic (exact) mass is 442 g/mol. The van der Waals surface area contributed by atoms with E-state index in [1.165, 1.54) is 35.1 Å². The molecular weight excluding hydrogens is 404 g/mol. The molecule has 0 N–H and O–H groups in total. The van der Waals surface area contributed by atoms with E-state index in [9.17, 15) is 0 Å². The molecule has 172 valence electrons. The van der Waals surface area contributed by atoms with Crippen LogP contribution in [-0.4, -0.2) is 70.4 Å². The molecule has 1 atom stereocenters. The summed E-state index contributed by atoms with van der Waals surface area (Å²) in [5, 5.41) is 0. The molecule has 2 aliphatic heterocycles. The van der Waals surface area contributed by atoms with Gasteiger partial charge in [-0.25, -0.2) is 0 Å². The van der Waals surface area contributed by atoms with Crippen molar-refractivity contribution in [2.24, 2.45) is 0 Å². The van der Waals surface area contributed by atoms with E-state index in [1.807, 2.05) is 12.2 Å². The zero-order chi connectivity index (χ0) is 23.0. The van der Waals surface area contributed by atoms with Crippen molar-refractivity contribution >= 4 is 24.8 Å². The van der Waals surface area contributed by atoms with E-state index in [-0.39, 0.29) is 0 Å². The lowest BCUT2D eigenvalue weighted by molar-refractivity contribution is -0.550. The minimum atomic E-state index is 0.485. The molecule has 2 aromatic carbocycles. The highest BCUT2D eigenvalue weighted by Crippen LogP contribution is 2.12. The van der Waals surface area contributed by atoms with Crippen LogP contribution in [0.4, 0.5) is 0 Å². The molecule has 2 aliphatic rings. The zero-order valence-electron chi connectivity index (χ0n) is 20.1. The molecule has 0 aromatic heterocycles. The molecule has 0 spiro atoms. The Morgan fingerprint density at radius 1 is 0.788 bits per heavy atom. The van der Waals surface area contributed by atoms with Gasteiger partial charge in [0.1, 0.15) is 25.7 Å². The van der Waals surface area contributed by atoms with Crippen molar-refractivity contribution in [1.82, 2.24) is 9.80 Å². The molecule has 2 aromatic rings. The second-order valence-electron chi connectivity index (χ2n) is 9.35. The minimum absolute atomic E-state index is 0.485. The maximum atomic E-state index is 3.85. The molecule has 0 saturated carbocycles. The molecular formula is C29H38N4+2. The lowest BCUT2D eigenvalue weighted by atomic mass is 10.1. The predicted octanol–water partition coefficient (Wildman–Crippen LogP) is 4.55. The van der Waals surface area contributed by atoms with Gasteiger partial charge in [0.2, 0.25) is 12.7 Å². The number of nitrogens with zero attached hydrogens (tertiary/aromatic N) is 4. The van der Waals surface area contributed by atoms with Crippen molar-refractivity contribution in [3.05, 3.63) is 83.9 Å². The summed E-state index contributed by atoms with van der Waals surface area (Å²) in [5.41, 5.74) is 5.06. The van der Waals surface area contributed by atoms with Crippen molar-refractivity contribution in [2.45, 2.75) is 38.9 Å². The summed E-state index contributed by atoms with van der Waals surface area (Å²) in [7, 11) is 0. The normalized spacial score (nSPS) is 17.2. The number of hydrogen-bond donors (Lipinski definition) is 0. The fourth-order valence-corrected chi connectivity index (χ4v) is 4.75. The SMILES string of the molecule is C=Cc1ccc(C[N+]2=CN(CC(C)N3C=[N+](Cc4ccc(C=C)cc4)CCC3)CCC2)cc1. The third-order valence-corrected chi connectivity index (χ3v) is 6.66. The fourth-order valence-electron chi connectivity index (χ4n) is 4.75. The van der Waals surface area contributed by atoms with Crippen molar-refractivity contribution in [3.63, 3.8) is 0 Å². The summed E-state index contributed by atoms with van der Waals surface area (Å²) < 4.78 is 4.92. The molecule has 0 saturated heterocycles. The lowest BCUT2D eigenvalue weighted by Crippen LogP contribution is -2.48. The first-order valence-corrected chi connectivity index (χ1v) is 12.2.